The quantitative estimate of drug-likeness (QED) is 0.380. The highest BCUT2D eigenvalue weighted by Crippen LogP contribution is 2.33. The Morgan fingerprint density at radius 3 is 2.62 bits per heavy atom. The maximum Gasteiger partial charge on any atom is 0.288 e. The maximum atomic E-state index is 13.4. The molecule has 1 heterocycles. The molecule has 0 spiro atoms. The molecule has 0 fully saturated rings. The number of benzene rings is 2. The van der Waals surface area contributed by atoms with Crippen LogP contribution in [0.1, 0.15) is 18.5 Å². The van der Waals surface area contributed by atoms with E-state index in [4.69, 9.17) is 23.8 Å². The second kappa shape index (κ2) is 8.10. The van der Waals surface area contributed by atoms with Gasteiger partial charge in [-0.3, -0.25) is 14.9 Å². The number of nitro benzene ring substituents is 1. The molecule has 0 aliphatic carbocycles. The first-order chi connectivity index (χ1) is 13.7. The Morgan fingerprint density at radius 2 is 1.97 bits per heavy atom. The SMILES string of the molecule is CC1=C(C(=O)Nc2ccc(F)c(F)c2)[C@@H](c2ccc(Cl)c([N+](=O)[O-])c2)NC(=S)N1. The summed E-state index contributed by atoms with van der Waals surface area (Å²) in [6.45, 7) is 1.60. The van der Waals surface area contributed by atoms with Crippen molar-refractivity contribution >= 4 is 46.2 Å². The largest absolute Gasteiger partial charge is 0.351 e. The molecule has 11 heteroatoms. The Bertz CT molecular complexity index is 1080. The Kier molecular flexibility index (Phi) is 5.76. The second-order valence-corrected chi connectivity index (χ2v) is 6.94. The number of rotatable bonds is 4. The molecule has 2 aromatic rings. The van der Waals surface area contributed by atoms with E-state index in [9.17, 15) is 23.7 Å². The number of nitrogens with zero attached hydrogens (tertiary/aromatic N) is 1. The third-order valence-corrected chi connectivity index (χ3v) is 4.73. The van der Waals surface area contributed by atoms with Gasteiger partial charge in [-0.15, -0.1) is 0 Å². The molecule has 0 aromatic heterocycles. The zero-order valence-electron chi connectivity index (χ0n) is 14.8. The highest BCUT2D eigenvalue weighted by molar-refractivity contribution is 7.80. The second-order valence-electron chi connectivity index (χ2n) is 6.12. The van der Waals surface area contributed by atoms with Gasteiger partial charge in [0.15, 0.2) is 16.7 Å². The molecular formula is C18H13ClF2N4O3S. The lowest BCUT2D eigenvalue weighted by atomic mass is 9.94. The molecule has 1 aliphatic rings. The predicted molar refractivity (Wildman–Crippen MR) is 107 cm³/mol. The van der Waals surface area contributed by atoms with Crippen molar-refractivity contribution in [3.63, 3.8) is 0 Å². The number of allylic oxidation sites excluding steroid dienone is 1. The maximum absolute atomic E-state index is 13.4. The highest BCUT2D eigenvalue weighted by atomic mass is 35.5. The van der Waals surface area contributed by atoms with Crippen LogP contribution in [0.3, 0.4) is 0 Å². The number of hydrogen-bond donors (Lipinski definition) is 3. The van der Waals surface area contributed by atoms with Gasteiger partial charge in [0.1, 0.15) is 5.02 Å². The van der Waals surface area contributed by atoms with Gasteiger partial charge < -0.3 is 16.0 Å². The van der Waals surface area contributed by atoms with Crippen LogP contribution in [0.25, 0.3) is 0 Å². The van der Waals surface area contributed by atoms with E-state index < -0.39 is 28.5 Å². The first kappa shape index (κ1) is 20.6. The van der Waals surface area contributed by atoms with E-state index >= 15 is 0 Å². The van der Waals surface area contributed by atoms with E-state index in [0.717, 1.165) is 12.1 Å². The summed E-state index contributed by atoms with van der Waals surface area (Å²) in [5.41, 5.74) is 0.660. The summed E-state index contributed by atoms with van der Waals surface area (Å²) < 4.78 is 26.6. The van der Waals surface area contributed by atoms with Crippen molar-refractivity contribution < 1.29 is 18.5 Å². The van der Waals surface area contributed by atoms with Crippen LogP contribution in [0.2, 0.25) is 5.02 Å². The molecule has 0 bridgehead atoms. The molecule has 0 unspecified atom stereocenters. The summed E-state index contributed by atoms with van der Waals surface area (Å²) in [4.78, 5) is 23.5. The molecule has 150 valence electrons. The number of carbonyl (C=O) groups excluding carboxylic acids is 1. The highest BCUT2D eigenvalue weighted by Gasteiger charge is 2.31. The van der Waals surface area contributed by atoms with Gasteiger partial charge in [0, 0.05) is 23.5 Å². The molecule has 1 aliphatic heterocycles. The fourth-order valence-electron chi connectivity index (χ4n) is 2.87. The fourth-order valence-corrected chi connectivity index (χ4v) is 3.32. The molecule has 3 N–H and O–H groups in total. The van der Waals surface area contributed by atoms with Gasteiger partial charge in [-0.05, 0) is 42.9 Å². The van der Waals surface area contributed by atoms with Crippen LogP contribution in [0.15, 0.2) is 47.7 Å². The van der Waals surface area contributed by atoms with Gasteiger partial charge in [-0.1, -0.05) is 17.7 Å². The Hall–Kier alpha value is -3.11. The monoisotopic (exact) mass is 438 g/mol. The Morgan fingerprint density at radius 1 is 1.24 bits per heavy atom. The van der Waals surface area contributed by atoms with Crippen LogP contribution in [0, 0.1) is 21.7 Å². The first-order valence-corrected chi connectivity index (χ1v) is 8.94. The number of halogens is 3. The number of thiocarbonyl (C=S) groups is 1. The van der Waals surface area contributed by atoms with E-state index in [1.807, 2.05) is 0 Å². The van der Waals surface area contributed by atoms with E-state index in [0.29, 0.717) is 11.3 Å². The molecule has 2 aromatic carbocycles. The minimum absolute atomic E-state index is 0.0446. The van der Waals surface area contributed by atoms with Crippen LogP contribution in [0.5, 0.6) is 0 Å². The molecule has 1 atom stereocenters. The van der Waals surface area contributed by atoms with Crippen LogP contribution >= 0.6 is 23.8 Å². The first-order valence-electron chi connectivity index (χ1n) is 8.16. The Labute approximate surface area is 173 Å². The van der Waals surface area contributed by atoms with Crippen molar-refractivity contribution in [1.29, 1.82) is 0 Å². The smallest absolute Gasteiger partial charge is 0.288 e. The molecule has 3 rings (SSSR count). The number of hydrogen-bond acceptors (Lipinski definition) is 4. The lowest BCUT2D eigenvalue weighted by Crippen LogP contribution is -2.45. The molecule has 0 radical (unpaired) electrons. The van der Waals surface area contributed by atoms with Gasteiger partial charge in [0.2, 0.25) is 0 Å². The summed E-state index contributed by atoms with van der Waals surface area (Å²) in [5, 5.41) is 19.6. The molecule has 0 saturated heterocycles. The van der Waals surface area contributed by atoms with Gasteiger partial charge in [-0.25, -0.2) is 8.78 Å². The van der Waals surface area contributed by atoms with Crippen molar-refractivity contribution in [2.24, 2.45) is 0 Å². The zero-order chi connectivity index (χ0) is 21.3. The van der Waals surface area contributed by atoms with Crippen LogP contribution in [0.4, 0.5) is 20.2 Å². The average Bonchev–Trinajstić information content (AvgIpc) is 2.64. The van der Waals surface area contributed by atoms with Gasteiger partial charge in [-0.2, -0.15) is 0 Å². The van der Waals surface area contributed by atoms with Gasteiger partial charge in [0.25, 0.3) is 11.6 Å². The standard InChI is InChI=1S/C18H13ClF2N4O3S/c1-8-15(17(26)23-10-3-5-12(20)13(21)7-10)16(24-18(29)22-8)9-2-4-11(19)14(6-9)25(27)28/h2-7,16H,1H3,(H,23,26)(H2,22,24,29)/t16-/m1/s1. The number of carbonyl (C=O) groups is 1. The number of anilines is 1. The fraction of sp³-hybridized carbons (Fsp3) is 0.111. The molecule has 29 heavy (non-hydrogen) atoms. The summed E-state index contributed by atoms with van der Waals surface area (Å²) in [6, 6.07) is 6.23. The third-order valence-electron chi connectivity index (χ3n) is 4.19. The van der Waals surface area contributed by atoms with Gasteiger partial charge in [0.05, 0.1) is 16.5 Å². The van der Waals surface area contributed by atoms with E-state index in [2.05, 4.69) is 16.0 Å². The van der Waals surface area contributed by atoms with Crippen molar-refractivity contribution in [3.8, 4) is 0 Å². The lowest BCUT2D eigenvalue weighted by Gasteiger charge is -2.30. The molecular weight excluding hydrogens is 426 g/mol. The number of nitrogens with one attached hydrogen (secondary N) is 3. The van der Waals surface area contributed by atoms with Crippen LogP contribution in [-0.4, -0.2) is 15.9 Å². The normalized spacial score (nSPS) is 16.1. The zero-order valence-corrected chi connectivity index (χ0v) is 16.3. The van der Waals surface area contributed by atoms with Gasteiger partial charge >= 0.3 is 0 Å². The van der Waals surface area contributed by atoms with E-state index in [1.54, 1.807) is 6.92 Å². The molecule has 7 nitrogen and oxygen atoms in total. The van der Waals surface area contributed by atoms with Crippen molar-refractivity contribution in [2.75, 3.05) is 5.32 Å². The third kappa shape index (κ3) is 4.33. The van der Waals surface area contributed by atoms with Crippen LogP contribution in [-0.2, 0) is 4.79 Å². The van der Waals surface area contributed by atoms with E-state index in [-0.39, 0.29) is 27.1 Å². The van der Waals surface area contributed by atoms with E-state index in [1.165, 1.54) is 24.3 Å². The Balaban J connectivity index is 2.00. The average molecular weight is 439 g/mol. The van der Waals surface area contributed by atoms with Crippen molar-refractivity contribution in [3.05, 3.63) is 80.0 Å². The predicted octanol–water partition coefficient (Wildman–Crippen LogP) is 3.96. The summed E-state index contributed by atoms with van der Waals surface area (Å²) in [5.74, 6) is -2.78. The summed E-state index contributed by atoms with van der Waals surface area (Å²) in [6.07, 6.45) is 0. The lowest BCUT2D eigenvalue weighted by molar-refractivity contribution is -0.384. The number of amides is 1. The van der Waals surface area contributed by atoms with Crippen molar-refractivity contribution in [1.82, 2.24) is 10.6 Å². The minimum Gasteiger partial charge on any atom is -0.351 e. The summed E-state index contributed by atoms with van der Waals surface area (Å²) in [7, 11) is 0. The van der Waals surface area contributed by atoms with Crippen molar-refractivity contribution in [2.45, 2.75) is 13.0 Å². The van der Waals surface area contributed by atoms with Crippen LogP contribution < -0.4 is 16.0 Å². The number of nitro groups is 1. The molecule has 1 amide bonds. The minimum atomic E-state index is -1.11. The molecule has 0 saturated carbocycles. The topological polar surface area (TPSA) is 96.3 Å². The summed E-state index contributed by atoms with van der Waals surface area (Å²) >= 11 is 11.0.